The molecule has 5 nitrogen and oxygen atoms in total. The van der Waals surface area contributed by atoms with Crippen molar-refractivity contribution in [1.29, 1.82) is 0 Å². The number of anilines is 1. The molecule has 0 radical (unpaired) electrons. The minimum absolute atomic E-state index is 0.375. The second-order valence-corrected chi connectivity index (χ2v) is 5.30. The zero-order valence-corrected chi connectivity index (χ0v) is 11.7. The maximum absolute atomic E-state index is 13.5. The van der Waals surface area contributed by atoms with Crippen LogP contribution in [0.25, 0.3) is 10.9 Å². The van der Waals surface area contributed by atoms with Gasteiger partial charge in [0.25, 0.3) is 0 Å². The topological polar surface area (TPSA) is 66.3 Å². The Balaban J connectivity index is 2.17. The molecule has 1 fully saturated rings. The van der Waals surface area contributed by atoms with Gasteiger partial charge in [0.05, 0.1) is 5.52 Å². The lowest BCUT2D eigenvalue weighted by atomic mass is 10.0. The predicted molar refractivity (Wildman–Crippen MR) is 76.9 cm³/mol. The highest BCUT2D eigenvalue weighted by atomic mass is 19.1. The molecule has 0 aliphatic carbocycles. The van der Waals surface area contributed by atoms with Crippen LogP contribution in [0.5, 0.6) is 0 Å². The summed E-state index contributed by atoms with van der Waals surface area (Å²) in [4.78, 5) is 21.9. The summed E-state index contributed by atoms with van der Waals surface area (Å²) in [5.74, 6) is -0.168. The van der Waals surface area contributed by atoms with Gasteiger partial charge in [0, 0.05) is 11.9 Å². The van der Waals surface area contributed by atoms with E-state index in [1.165, 1.54) is 12.1 Å². The first-order valence-electron chi connectivity index (χ1n) is 6.99. The van der Waals surface area contributed by atoms with Crippen molar-refractivity contribution in [2.75, 3.05) is 11.4 Å². The molecule has 3 rings (SSSR count). The summed E-state index contributed by atoms with van der Waals surface area (Å²) < 4.78 is 13.5. The van der Waals surface area contributed by atoms with Crippen molar-refractivity contribution < 1.29 is 14.3 Å². The molecule has 2 heterocycles. The second kappa shape index (κ2) is 5.27. The average molecular weight is 289 g/mol. The number of aliphatic carboxylic acids is 1. The number of carbonyl (C=O) groups is 1. The Kier molecular flexibility index (Phi) is 3.45. The van der Waals surface area contributed by atoms with Crippen LogP contribution in [-0.4, -0.2) is 33.6 Å². The molecule has 1 aliphatic heterocycles. The largest absolute Gasteiger partial charge is 0.480 e. The molecule has 1 atom stereocenters. The monoisotopic (exact) mass is 289 g/mol. The van der Waals surface area contributed by atoms with E-state index in [4.69, 9.17) is 0 Å². The van der Waals surface area contributed by atoms with Crippen molar-refractivity contribution in [2.45, 2.75) is 32.2 Å². The molecule has 0 amide bonds. The number of hydrogen-bond donors (Lipinski definition) is 1. The number of carboxylic acid groups (broad SMARTS) is 1. The molecular formula is C15H16FN3O2. The molecular weight excluding hydrogens is 273 g/mol. The number of piperidine rings is 1. The minimum atomic E-state index is -0.865. The Morgan fingerprint density at radius 1 is 1.38 bits per heavy atom. The smallest absolute Gasteiger partial charge is 0.326 e. The average Bonchev–Trinajstić information content (AvgIpc) is 2.47. The Morgan fingerprint density at radius 2 is 2.19 bits per heavy atom. The summed E-state index contributed by atoms with van der Waals surface area (Å²) in [5, 5.41) is 9.97. The first kappa shape index (κ1) is 13.7. The number of fused-ring (bicyclic) bond motifs is 1. The Morgan fingerprint density at radius 3 is 2.95 bits per heavy atom. The van der Waals surface area contributed by atoms with E-state index in [1.54, 1.807) is 17.9 Å². The molecule has 110 valence electrons. The van der Waals surface area contributed by atoms with Crippen LogP contribution in [0.1, 0.15) is 25.1 Å². The maximum Gasteiger partial charge on any atom is 0.326 e. The number of hydrogen-bond acceptors (Lipinski definition) is 4. The van der Waals surface area contributed by atoms with Gasteiger partial charge < -0.3 is 10.0 Å². The molecule has 1 aromatic heterocycles. The normalized spacial score (nSPS) is 19.0. The van der Waals surface area contributed by atoms with E-state index < -0.39 is 12.0 Å². The van der Waals surface area contributed by atoms with Crippen molar-refractivity contribution in [3.05, 3.63) is 29.8 Å². The molecule has 1 saturated heterocycles. The SMILES string of the molecule is Cc1nc(N2CCCCC2C(=O)O)c2cc(F)ccc2n1. The first-order valence-corrected chi connectivity index (χ1v) is 6.99. The van der Waals surface area contributed by atoms with Crippen molar-refractivity contribution >= 4 is 22.7 Å². The van der Waals surface area contributed by atoms with E-state index in [-0.39, 0.29) is 5.82 Å². The molecule has 0 bridgehead atoms. The molecule has 1 unspecified atom stereocenters. The Labute approximate surface area is 121 Å². The summed E-state index contributed by atoms with van der Waals surface area (Å²) in [5.41, 5.74) is 0.633. The number of aryl methyl sites for hydroxylation is 1. The highest BCUT2D eigenvalue weighted by molar-refractivity contribution is 5.91. The Bertz CT molecular complexity index is 705. The van der Waals surface area contributed by atoms with Gasteiger partial charge in [0.15, 0.2) is 0 Å². The molecule has 0 saturated carbocycles. The number of benzene rings is 1. The van der Waals surface area contributed by atoms with Crippen LogP contribution in [0, 0.1) is 12.7 Å². The predicted octanol–water partition coefficient (Wildman–Crippen LogP) is 2.52. The van der Waals surface area contributed by atoms with E-state index in [0.29, 0.717) is 35.5 Å². The van der Waals surface area contributed by atoms with Gasteiger partial charge in [-0.1, -0.05) is 0 Å². The maximum atomic E-state index is 13.5. The third kappa shape index (κ3) is 2.53. The van der Waals surface area contributed by atoms with Gasteiger partial charge in [-0.3, -0.25) is 0 Å². The van der Waals surface area contributed by atoms with Crippen LogP contribution in [0.2, 0.25) is 0 Å². The summed E-state index contributed by atoms with van der Waals surface area (Å²) in [7, 11) is 0. The molecule has 2 aromatic rings. The second-order valence-electron chi connectivity index (χ2n) is 5.30. The fourth-order valence-electron chi connectivity index (χ4n) is 2.86. The van der Waals surface area contributed by atoms with Gasteiger partial charge >= 0.3 is 5.97 Å². The fourth-order valence-corrected chi connectivity index (χ4v) is 2.86. The molecule has 1 aliphatic rings. The zero-order chi connectivity index (χ0) is 15.0. The van der Waals surface area contributed by atoms with Gasteiger partial charge in [-0.25, -0.2) is 19.2 Å². The number of carboxylic acids is 1. The third-order valence-corrected chi connectivity index (χ3v) is 3.81. The van der Waals surface area contributed by atoms with E-state index in [1.807, 2.05) is 0 Å². The number of halogens is 1. The highest BCUT2D eigenvalue weighted by Gasteiger charge is 2.30. The third-order valence-electron chi connectivity index (χ3n) is 3.81. The molecule has 1 aromatic carbocycles. The van der Waals surface area contributed by atoms with Crippen molar-refractivity contribution in [3.8, 4) is 0 Å². The standard InChI is InChI=1S/C15H16FN3O2/c1-9-17-12-6-5-10(16)8-11(12)14(18-9)19-7-3-2-4-13(19)15(20)21/h5-6,8,13H,2-4,7H2,1H3,(H,20,21). The lowest BCUT2D eigenvalue weighted by Gasteiger charge is -2.34. The molecule has 1 N–H and O–H groups in total. The summed E-state index contributed by atoms with van der Waals surface area (Å²) in [6.45, 7) is 2.37. The lowest BCUT2D eigenvalue weighted by molar-refractivity contribution is -0.139. The number of nitrogens with zero attached hydrogens (tertiary/aromatic N) is 3. The van der Waals surface area contributed by atoms with Gasteiger partial charge in [-0.2, -0.15) is 0 Å². The summed E-state index contributed by atoms with van der Waals surface area (Å²) >= 11 is 0. The van der Waals surface area contributed by atoms with Gasteiger partial charge in [0.2, 0.25) is 0 Å². The summed E-state index contributed by atoms with van der Waals surface area (Å²) in [6, 6.07) is 3.71. The van der Waals surface area contributed by atoms with E-state index in [2.05, 4.69) is 9.97 Å². The lowest BCUT2D eigenvalue weighted by Crippen LogP contribution is -2.45. The van der Waals surface area contributed by atoms with Crippen molar-refractivity contribution in [1.82, 2.24) is 9.97 Å². The van der Waals surface area contributed by atoms with Crippen LogP contribution in [0.3, 0.4) is 0 Å². The van der Waals surface area contributed by atoms with E-state index in [9.17, 15) is 14.3 Å². The molecule has 0 spiro atoms. The van der Waals surface area contributed by atoms with Crippen molar-refractivity contribution in [3.63, 3.8) is 0 Å². The van der Waals surface area contributed by atoms with Gasteiger partial charge in [0.1, 0.15) is 23.5 Å². The zero-order valence-electron chi connectivity index (χ0n) is 11.7. The summed E-state index contributed by atoms with van der Waals surface area (Å²) in [6.07, 6.45) is 2.36. The van der Waals surface area contributed by atoms with Crippen LogP contribution in [-0.2, 0) is 4.79 Å². The van der Waals surface area contributed by atoms with Gasteiger partial charge in [-0.05, 0) is 44.4 Å². The number of aromatic nitrogens is 2. The van der Waals surface area contributed by atoms with Crippen LogP contribution in [0.15, 0.2) is 18.2 Å². The van der Waals surface area contributed by atoms with Crippen LogP contribution in [0.4, 0.5) is 10.2 Å². The van der Waals surface area contributed by atoms with Crippen LogP contribution < -0.4 is 4.90 Å². The molecule has 21 heavy (non-hydrogen) atoms. The Hall–Kier alpha value is -2.24. The fraction of sp³-hybridized carbons (Fsp3) is 0.400. The number of rotatable bonds is 2. The minimum Gasteiger partial charge on any atom is -0.480 e. The van der Waals surface area contributed by atoms with E-state index in [0.717, 1.165) is 12.8 Å². The molecule has 6 heteroatoms. The first-order chi connectivity index (χ1) is 10.1. The van der Waals surface area contributed by atoms with Crippen LogP contribution >= 0.6 is 0 Å². The van der Waals surface area contributed by atoms with E-state index >= 15 is 0 Å². The quantitative estimate of drug-likeness (QED) is 0.920. The highest BCUT2D eigenvalue weighted by Crippen LogP contribution is 2.30. The van der Waals surface area contributed by atoms with Gasteiger partial charge in [-0.15, -0.1) is 0 Å². The van der Waals surface area contributed by atoms with Crippen molar-refractivity contribution in [2.24, 2.45) is 0 Å².